The van der Waals surface area contributed by atoms with E-state index in [1.165, 1.54) is 18.3 Å². The first-order chi connectivity index (χ1) is 10.0. The summed E-state index contributed by atoms with van der Waals surface area (Å²) in [5, 5.41) is 27.0. The zero-order valence-corrected chi connectivity index (χ0v) is 10.7. The average molecular weight is 289 g/mol. The number of carbonyl (C=O) groups excluding carboxylic acids is 1. The molecular weight excluding hydrogens is 278 g/mol. The highest BCUT2D eigenvalue weighted by Crippen LogP contribution is 2.08. The number of phenols is 1. The maximum atomic E-state index is 11.5. The van der Waals surface area contributed by atoms with Crippen molar-refractivity contribution < 1.29 is 14.8 Å². The van der Waals surface area contributed by atoms with Crippen molar-refractivity contribution in [1.29, 1.82) is 0 Å². The molecule has 0 saturated carbocycles. The molecule has 1 aromatic carbocycles. The Balaban J connectivity index is 1.86. The van der Waals surface area contributed by atoms with E-state index in [1.807, 2.05) is 0 Å². The van der Waals surface area contributed by atoms with Crippen LogP contribution in [0.2, 0.25) is 0 Å². The van der Waals surface area contributed by atoms with Gasteiger partial charge in [0, 0.05) is 0 Å². The van der Waals surface area contributed by atoms with E-state index in [0.29, 0.717) is 5.56 Å². The van der Waals surface area contributed by atoms with Gasteiger partial charge in [0.2, 0.25) is 0 Å². The topological polar surface area (TPSA) is 123 Å². The Morgan fingerprint density at radius 3 is 2.81 bits per heavy atom. The molecular formula is C12H11N5O4. The molecule has 0 aliphatic carbocycles. The van der Waals surface area contributed by atoms with Gasteiger partial charge in [-0.15, -0.1) is 0 Å². The summed E-state index contributed by atoms with van der Waals surface area (Å²) in [5.41, 5.74) is 2.78. The third-order valence-corrected chi connectivity index (χ3v) is 2.43. The van der Waals surface area contributed by atoms with Crippen LogP contribution in [-0.4, -0.2) is 31.9 Å². The number of nitro groups is 1. The molecule has 0 saturated heterocycles. The molecule has 1 heterocycles. The summed E-state index contributed by atoms with van der Waals surface area (Å²) in [6.45, 7) is -0.180. The van der Waals surface area contributed by atoms with Gasteiger partial charge in [-0.1, -0.05) is 0 Å². The van der Waals surface area contributed by atoms with E-state index in [0.717, 1.165) is 17.1 Å². The monoisotopic (exact) mass is 289 g/mol. The number of aromatic nitrogens is 2. The number of nitrogens with zero attached hydrogens (tertiary/aromatic N) is 4. The van der Waals surface area contributed by atoms with Gasteiger partial charge in [0.15, 0.2) is 0 Å². The predicted molar refractivity (Wildman–Crippen MR) is 72.7 cm³/mol. The molecule has 2 N–H and O–H groups in total. The number of amides is 1. The predicted octanol–water partition coefficient (Wildman–Crippen LogP) is 0.647. The lowest BCUT2D eigenvalue weighted by Crippen LogP contribution is -2.23. The van der Waals surface area contributed by atoms with Crippen LogP contribution in [0.5, 0.6) is 5.75 Å². The summed E-state index contributed by atoms with van der Waals surface area (Å²) < 4.78 is 1.14. The van der Waals surface area contributed by atoms with Crippen LogP contribution >= 0.6 is 0 Å². The van der Waals surface area contributed by atoms with Crippen LogP contribution in [0.3, 0.4) is 0 Å². The van der Waals surface area contributed by atoms with Crippen LogP contribution in [0.15, 0.2) is 41.8 Å². The summed E-state index contributed by atoms with van der Waals surface area (Å²) >= 11 is 0. The van der Waals surface area contributed by atoms with Crippen molar-refractivity contribution in [2.24, 2.45) is 5.10 Å². The molecule has 2 rings (SSSR count). The fourth-order valence-electron chi connectivity index (χ4n) is 1.46. The van der Waals surface area contributed by atoms with E-state index in [2.05, 4.69) is 15.6 Å². The minimum Gasteiger partial charge on any atom is -0.508 e. The molecule has 0 bridgehead atoms. The van der Waals surface area contributed by atoms with Crippen LogP contribution in [0.1, 0.15) is 5.56 Å². The van der Waals surface area contributed by atoms with Crippen molar-refractivity contribution in [1.82, 2.24) is 15.2 Å². The van der Waals surface area contributed by atoms with Gasteiger partial charge >= 0.3 is 5.69 Å². The van der Waals surface area contributed by atoms with Crippen LogP contribution in [0.25, 0.3) is 0 Å². The summed E-state index contributed by atoms with van der Waals surface area (Å²) in [6.07, 6.45) is 3.62. The average Bonchev–Trinajstić information content (AvgIpc) is 2.90. The molecule has 0 aliphatic rings. The standard InChI is InChI=1S/C12H11N5O4/c18-11-3-1-9(2-4-11)5-13-15-12(19)8-16-7-10(6-14-16)17(20)21/h1-7,18H,8H2,(H,15,19)/b13-5+. The highest BCUT2D eigenvalue weighted by molar-refractivity contribution is 5.82. The lowest BCUT2D eigenvalue weighted by Gasteiger charge is -1.99. The highest BCUT2D eigenvalue weighted by atomic mass is 16.6. The molecule has 0 aliphatic heterocycles. The molecule has 2 aromatic rings. The number of nitrogens with one attached hydrogen (secondary N) is 1. The zero-order valence-electron chi connectivity index (χ0n) is 10.7. The molecule has 9 nitrogen and oxygen atoms in total. The molecule has 0 radical (unpaired) electrons. The van der Waals surface area contributed by atoms with Crippen LogP contribution in [0.4, 0.5) is 5.69 Å². The Morgan fingerprint density at radius 1 is 1.48 bits per heavy atom. The molecule has 108 valence electrons. The maximum absolute atomic E-state index is 11.5. The van der Waals surface area contributed by atoms with Crippen molar-refractivity contribution in [2.45, 2.75) is 6.54 Å². The van der Waals surface area contributed by atoms with Gasteiger partial charge in [0.05, 0.1) is 11.1 Å². The number of phenolic OH excluding ortho intramolecular Hbond substituents is 1. The second-order valence-electron chi connectivity index (χ2n) is 4.04. The van der Waals surface area contributed by atoms with Crippen LogP contribution < -0.4 is 5.43 Å². The van der Waals surface area contributed by atoms with E-state index in [9.17, 15) is 14.9 Å². The van der Waals surface area contributed by atoms with Gasteiger partial charge in [-0.3, -0.25) is 19.6 Å². The number of aromatic hydroxyl groups is 1. The fourth-order valence-corrected chi connectivity index (χ4v) is 1.46. The summed E-state index contributed by atoms with van der Waals surface area (Å²) in [4.78, 5) is 21.4. The quantitative estimate of drug-likeness (QED) is 0.475. The first-order valence-electron chi connectivity index (χ1n) is 5.82. The normalized spacial score (nSPS) is 10.7. The van der Waals surface area contributed by atoms with Crippen LogP contribution in [-0.2, 0) is 11.3 Å². The van der Waals surface area contributed by atoms with Crippen molar-refractivity contribution in [3.63, 3.8) is 0 Å². The molecule has 0 fully saturated rings. The van der Waals surface area contributed by atoms with Gasteiger partial charge in [0.25, 0.3) is 5.91 Å². The molecule has 1 amide bonds. The van der Waals surface area contributed by atoms with Gasteiger partial charge in [-0.2, -0.15) is 10.2 Å². The minimum atomic E-state index is -0.593. The van der Waals surface area contributed by atoms with Gasteiger partial charge in [0.1, 0.15) is 24.7 Å². The minimum absolute atomic E-state index is 0.136. The third-order valence-electron chi connectivity index (χ3n) is 2.43. The zero-order chi connectivity index (χ0) is 15.2. The van der Waals surface area contributed by atoms with E-state index >= 15 is 0 Å². The summed E-state index contributed by atoms with van der Waals surface area (Å²) in [7, 11) is 0. The van der Waals surface area contributed by atoms with E-state index in [-0.39, 0.29) is 18.0 Å². The Labute approximate surface area is 118 Å². The molecule has 1 aromatic heterocycles. The smallest absolute Gasteiger partial charge is 0.307 e. The van der Waals surface area contributed by atoms with Gasteiger partial charge in [-0.25, -0.2) is 5.43 Å². The number of rotatable bonds is 5. The highest BCUT2D eigenvalue weighted by Gasteiger charge is 2.10. The van der Waals surface area contributed by atoms with Crippen molar-refractivity contribution in [2.75, 3.05) is 0 Å². The lowest BCUT2D eigenvalue weighted by atomic mass is 10.2. The summed E-state index contributed by atoms with van der Waals surface area (Å²) in [5.74, 6) is -0.334. The van der Waals surface area contributed by atoms with Crippen molar-refractivity contribution in [3.05, 3.63) is 52.3 Å². The first-order valence-corrected chi connectivity index (χ1v) is 5.82. The molecule has 0 atom stereocenters. The number of hydrogen-bond acceptors (Lipinski definition) is 6. The van der Waals surface area contributed by atoms with E-state index < -0.39 is 10.8 Å². The number of benzene rings is 1. The molecule has 9 heteroatoms. The summed E-state index contributed by atoms with van der Waals surface area (Å²) in [6, 6.07) is 6.24. The van der Waals surface area contributed by atoms with E-state index in [1.54, 1.807) is 12.1 Å². The van der Waals surface area contributed by atoms with Crippen LogP contribution in [0, 0.1) is 10.1 Å². The molecule has 0 unspecified atom stereocenters. The largest absolute Gasteiger partial charge is 0.508 e. The fraction of sp³-hybridized carbons (Fsp3) is 0.0833. The van der Waals surface area contributed by atoms with Gasteiger partial charge < -0.3 is 5.11 Å². The number of carbonyl (C=O) groups is 1. The molecule has 0 spiro atoms. The van der Waals surface area contributed by atoms with Gasteiger partial charge in [-0.05, 0) is 29.8 Å². The van der Waals surface area contributed by atoms with Crippen molar-refractivity contribution >= 4 is 17.8 Å². The Kier molecular flexibility index (Phi) is 4.24. The Hall–Kier alpha value is -3.23. The number of hydrazone groups is 1. The van der Waals surface area contributed by atoms with Crippen molar-refractivity contribution in [3.8, 4) is 5.75 Å². The second-order valence-corrected chi connectivity index (χ2v) is 4.04. The molecule has 21 heavy (non-hydrogen) atoms. The second kappa shape index (κ2) is 6.28. The maximum Gasteiger partial charge on any atom is 0.307 e. The van der Waals surface area contributed by atoms with E-state index in [4.69, 9.17) is 5.11 Å². The third kappa shape index (κ3) is 4.13. The number of hydrogen-bond donors (Lipinski definition) is 2. The Bertz CT molecular complexity index is 677. The Morgan fingerprint density at radius 2 is 2.19 bits per heavy atom. The first kappa shape index (κ1) is 14.2. The SMILES string of the molecule is O=C(Cn1cc([N+](=O)[O-])cn1)N/N=C/c1ccc(O)cc1. The lowest BCUT2D eigenvalue weighted by molar-refractivity contribution is -0.385.